The largest absolute Gasteiger partial charge is 0.444 e. The lowest BCUT2D eigenvalue weighted by Gasteiger charge is -2.74. The van der Waals surface area contributed by atoms with E-state index in [0.29, 0.717) is 26.2 Å². The van der Waals surface area contributed by atoms with Gasteiger partial charge in [-0.25, -0.2) is 9.59 Å². The molecule has 5 aliphatic rings. The molecule has 26 heavy (non-hydrogen) atoms. The fourth-order valence-electron chi connectivity index (χ4n) is 5.29. The summed E-state index contributed by atoms with van der Waals surface area (Å²) in [7, 11) is 0. The van der Waals surface area contributed by atoms with E-state index < -0.39 is 5.60 Å². The number of fused-ring (bicyclic) bond motifs is 1. The first kappa shape index (κ1) is 17.4. The minimum atomic E-state index is -0.511. The van der Waals surface area contributed by atoms with Gasteiger partial charge < -0.3 is 19.4 Å². The number of nitrogens with zero attached hydrogens (tertiary/aromatic N) is 4. The minimum absolute atomic E-state index is 0.0315. The van der Waals surface area contributed by atoms with Crippen LogP contribution in [0.5, 0.6) is 0 Å². The third-order valence-electron chi connectivity index (χ3n) is 6.73. The number of ether oxygens (including phenoxy) is 1. The van der Waals surface area contributed by atoms with E-state index >= 15 is 0 Å². The average Bonchev–Trinajstić information content (AvgIpc) is 2.79. The first-order chi connectivity index (χ1) is 12.1. The highest BCUT2D eigenvalue weighted by molar-refractivity contribution is 5.80. The molecule has 3 amide bonds. The molecule has 5 fully saturated rings. The van der Waals surface area contributed by atoms with Gasteiger partial charge in [0.25, 0.3) is 0 Å². The van der Waals surface area contributed by atoms with E-state index in [1.54, 1.807) is 4.90 Å². The molecule has 3 aliphatic carbocycles. The summed E-state index contributed by atoms with van der Waals surface area (Å²) < 4.78 is 5.48. The zero-order valence-electron chi connectivity index (χ0n) is 16.1. The number of piperazine rings is 1. The molecule has 2 aliphatic heterocycles. The minimum Gasteiger partial charge on any atom is -0.444 e. The van der Waals surface area contributed by atoms with Crippen LogP contribution in [0.3, 0.4) is 0 Å². The highest BCUT2D eigenvalue weighted by atomic mass is 16.6. The molecule has 0 N–H and O–H groups in total. The van der Waals surface area contributed by atoms with Gasteiger partial charge in [-0.1, -0.05) is 0 Å². The Morgan fingerprint density at radius 3 is 2.50 bits per heavy atom. The third-order valence-corrected chi connectivity index (χ3v) is 6.73. The van der Waals surface area contributed by atoms with Crippen molar-refractivity contribution in [2.45, 2.75) is 64.1 Å². The van der Waals surface area contributed by atoms with Crippen LogP contribution in [0.4, 0.5) is 9.59 Å². The lowest BCUT2D eigenvalue weighted by Crippen LogP contribution is -2.76. The molecular formula is C19H28N4O3. The Bertz CT molecular complexity index is 672. The molecular weight excluding hydrogens is 332 g/mol. The summed E-state index contributed by atoms with van der Waals surface area (Å²) in [5.74, 6) is 0.0623. The first-order valence-electron chi connectivity index (χ1n) is 9.55. The summed E-state index contributed by atoms with van der Waals surface area (Å²) in [4.78, 5) is 30.9. The van der Waals surface area contributed by atoms with Gasteiger partial charge >= 0.3 is 12.1 Å². The second-order valence-electron chi connectivity index (χ2n) is 9.63. The second-order valence-corrected chi connectivity index (χ2v) is 9.63. The number of carbonyl (C=O) groups excluding carboxylic acids is 2. The monoisotopic (exact) mass is 360 g/mol. The zero-order chi connectivity index (χ0) is 18.9. The Kier molecular flexibility index (Phi) is 3.54. The number of hydrogen-bond acceptors (Lipinski definition) is 4. The molecule has 2 bridgehead atoms. The average molecular weight is 360 g/mol. The molecule has 0 spiro atoms. The maximum atomic E-state index is 12.9. The molecule has 7 heteroatoms. The standard InChI is InChI=1S/C19H28N4O3/c1-13(7-20)18-10-19(11-18,12-18)23-9-14-8-21(5-6-22(14)15(23)24)16(25)26-17(2,3)4/h13-14H,5-6,8-12H2,1-4H3/t13?,14-,18?,19?/m0/s1. The normalized spacial score (nSPS) is 36.7. The molecule has 1 unspecified atom stereocenters. The van der Waals surface area contributed by atoms with Gasteiger partial charge in [0.1, 0.15) is 5.60 Å². The number of nitriles is 1. The summed E-state index contributed by atoms with van der Waals surface area (Å²) >= 11 is 0. The lowest BCUT2D eigenvalue weighted by atomic mass is 9.35. The van der Waals surface area contributed by atoms with Crippen molar-refractivity contribution >= 4 is 12.1 Å². The van der Waals surface area contributed by atoms with E-state index in [4.69, 9.17) is 4.74 Å². The van der Waals surface area contributed by atoms with Crippen LogP contribution in [0.15, 0.2) is 0 Å². The van der Waals surface area contributed by atoms with Crippen molar-refractivity contribution in [3.05, 3.63) is 0 Å². The van der Waals surface area contributed by atoms with Crippen molar-refractivity contribution < 1.29 is 14.3 Å². The van der Waals surface area contributed by atoms with Crippen molar-refractivity contribution in [3.8, 4) is 6.07 Å². The Labute approximate surface area is 154 Å². The SMILES string of the molecule is CC(C#N)C12CC(N3C[C@@H]4CN(C(=O)OC(C)(C)C)CCN4C3=O)(C1)C2. The van der Waals surface area contributed by atoms with Crippen LogP contribution in [0.2, 0.25) is 0 Å². The molecule has 2 heterocycles. The van der Waals surface area contributed by atoms with Gasteiger partial charge in [-0.3, -0.25) is 0 Å². The molecule has 0 aromatic rings. The van der Waals surface area contributed by atoms with E-state index in [1.807, 2.05) is 37.5 Å². The van der Waals surface area contributed by atoms with Gasteiger partial charge in [-0.2, -0.15) is 5.26 Å². The molecule has 2 saturated heterocycles. The van der Waals surface area contributed by atoms with Crippen LogP contribution in [0.1, 0.15) is 47.0 Å². The summed E-state index contributed by atoms with van der Waals surface area (Å²) in [5, 5.41) is 9.20. The topological polar surface area (TPSA) is 76.9 Å². The van der Waals surface area contributed by atoms with Gasteiger partial charge in [0.05, 0.1) is 12.1 Å². The zero-order valence-corrected chi connectivity index (χ0v) is 16.1. The number of urea groups is 1. The fraction of sp³-hybridized carbons (Fsp3) is 0.842. The predicted molar refractivity (Wildman–Crippen MR) is 94.2 cm³/mol. The van der Waals surface area contributed by atoms with E-state index in [1.165, 1.54) is 0 Å². The molecule has 0 radical (unpaired) electrons. The maximum Gasteiger partial charge on any atom is 0.410 e. The van der Waals surface area contributed by atoms with E-state index in [9.17, 15) is 14.9 Å². The van der Waals surface area contributed by atoms with Crippen molar-refractivity contribution in [2.24, 2.45) is 11.3 Å². The van der Waals surface area contributed by atoms with Gasteiger partial charge in [0, 0.05) is 37.6 Å². The smallest absolute Gasteiger partial charge is 0.410 e. The molecule has 142 valence electrons. The quantitative estimate of drug-likeness (QED) is 0.758. The van der Waals surface area contributed by atoms with Crippen LogP contribution in [-0.2, 0) is 4.74 Å². The Morgan fingerprint density at radius 1 is 1.27 bits per heavy atom. The van der Waals surface area contributed by atoms with Gasteiger partial charge in [-0.05, 0) is 52.4 Å². The molecule has 5 rings (SSSR count). The summed E-state index contributed by atoms with van der Waals surface area (Å²) in [6.45, 7) is 9.88. The summed E-state index contributed by atoms with van der Waals surface area (Å²) in [5.41, 5.74) is -0.402. The molecule has 0 aromatic carbocycles. The molecule has 0 aromatic heterocycles. The highest BCUT2D eigenvalue weighted by Crippen LogP contribution is 2.73. The van der Waals surface area contributed by atoms with Crippen LogP contribution in [-0.4, -0.2) is 70.2 Å². The van der Waals surface area contributed by atoms with Crippen molar-refractivity contribution in [2.75, 3.05) is 26.2 Å². The number of amides is 3. The predicted octanol–water partition coefficient (Wildman–Crippen LogP) is 2.43. The Hall–Kier alpha value is -1.97. The van der Waals surface area contributed by atoms with Crippen LogP contribution in [0, 0.1) is 22.7 Å². The van der Waals surface area contributed by atoms with Crippen LogP contribution in [0.25, 0.3) is 0 Å². The number of carbonyl (C=O) groups is 2. The second kappa shape index (κ2) is 5.28. The lowest BCUT2D eigenvalue weighted by molar-refractivity contribution is -0.216. The number of rotatable bonds is 2. The van der Waals surface area contributed by atoms with Gasteiger partial charge in [-0.15, -0.1) is 0 Å². The van der Waals surface area contributed by atoms with E-state index in [0.717, 1.165) is 19.3 Å². The molecule has 3 saturated carbocycles. The van der Waals surface area contributed by atoms with E-state index in [2.05, 4.69) is 6.07 Å². The summed E-state index contributed by atoms with van der Waals surface area (Å²) in [6, 6.07) is 2.53. The number of hydrogen-bond donors (Lipinski definition) is 0. The van der Waals surface area contributed by atoms with Crippen molar-refractivity contribution in [3.63, 3.8) is 0 Å². The maximum absolute atomic E-state index is 12.9. The summed E-state index contributed by atoms with van der Waals surface area (Å²) in [6.07, 6.45) is 2.57. The van der Waals surface area contributed by atoms with E-state index in [-0.39, 0.29) is 35.0 Å². The Balaban J connectivity index is 1.39. The van der Waals surface area contributed by atoms with Gasteiger partial charge in [0.15, 0.2) is 0 Å². The molecule has 7 nitrogen and oxygen atoms in total. The van der Waals surface area contributed by atoms with Crippen LogP contribution < -0.4 is 0 Å². The van der Waals surface area contributed by atoms with Gasteiger partial charge in [0.2, 0.25) is 0 Å². The first-order valence-corrected chi connectivity index (χ1v) is 9.55. The Morgan fingerprint density at radius 2 is 1.92 bits per heavy atom. The van der Waals surface area contributed by atoms with Crippen molar-refractivity contribution in [1.29, 1.82) is 5.26 Å². The fourth-order valence-corrected chi connectivity index (χ4v) is 5.29. The van der Waals surface area contributed by atoms with Crippen molar-refractivity contribution in [1.82, 2.24) is 14.7 Å². The van der Waals surface area contributed by atoms with Crippen LogP contribution >= 0.6 is 0 Å². The molecule has 2 atom stereocenters. The highest BCUT2D eigenvalue weighted by Gasteiger charge is 2.74. The third kappa shape index (κ3) is 2.38.